The first kappa shape index (κ1) is 34.9. The molecule has 0 aliphatic rings. The highest BCUT2D eigenvalue weighted by Gasteiger charge is 2.19. The third kappa shape index (κ3) is 6.98. The van der Waals surface area contributed by atoms with E-state index < -0.39 is 0 Å². The first-order valence-corrected chi connectivity index (χ1v) is 18.8. The lowest BCUT2D eigenvalue weighted by molar-refractivity contribution is 0.590. The van der Waals surface area contributed by atoms with Crippen molar-refractivity contribution in [2.45, 2.75) is 52.4 Å². The Morgan fingerprint density at radius 2 is 0.759 bits per heavy atom. The lowest BCUT2D eigenvalue weighted by atomic mass is 9.86. The molecule has 1 aromatic heterocycles. The highest BCUT2D eigenvalue weighted by atomic mass is 16.3. The van der Waals surface area contributed by atoms with Gasteiger partial charge in [-0.3, -0.25) is 0 Å². The Morgan fingerprint density at radius 3 is 1.20 bits per heavy atom. The molecule has 3 heteroatoms. The van der Waals surface area contributed by atoms with Crippen LogP contribution in [0.1, 0.15) is 52.7 Å². The molecule has 54 heavy (non-hydrogen) atoms. The van der Waals surface area contributed by atoms with E-state index in [-0.39, 0.29) is 10.8 Å². The summed E-state index contributed by atoms with van der Waals surface area (Å²) in [7, 11) is 0. The van der Waals surface area contributed by atoms with Gasteiger partial charge < -0.3 is 9.32 Å². The molecule has 0 unspecified atom stereocenters. The predicted octanol–water partition coefficient (Wildman–Crippen LogP) is 14.6. The first-order chi connectivity index (χ1) is 26.0. The molecular formula is C51H46N2O. The van der Waals surface area contributed by atoms with E-state index in [1.54, 1.807) is 0 Å². The van der Waals surface area contributed by atoms with Gasteiger partial charge in [0.25, 0.3) is 0 Å². The number of oxazole rings is 1. The van der Waals surface area contributed by atoms with Crippen LogP contribution < -0.4 is 4.90 Å². The van der Waals surface area contributed by atoms with Crippen LogP contribution in [0.2, 0.25) is 0 Å². The van der Waals surface area contributed by atoms with E-state index >= 15 is 0 Å². The fourth-order valence-corrected chi connectivity index (χ4v) is 7.19. The zero-order valence-electron chi connectivity index (χ0n) is 32.0. The molecule has 0 saturated carbocycles. The van der Waals surface area contributed by atoms with Gasteiger partial charge in [0, 0.05) is 22.6 Å². The number of fused-ring (bicyclic) bond motifs is 1. The third-order valence-corrected chi connectivity index (χ3v) is 10.3. The van der Waals surface area contributed by atoms with Gasteiger partial charge in [-0.25, -0.2) is 4.98 Å². The van der Waals surface area contributed by atoms with Gasteiger partial charge in [0.2, 0.25) is 5.89 Å². The molecule has 0 radical (unpaired) electrons. The number of hydrogen-bond acceptors (Lipinski definition) is 3. The second-order valence-electron chi connectivity index (χ2n) is 16.1. The summed E-state index contributed by atoms with van der Waals surface area (Å²) >= 11 is 0. The van der Waals surface area contributed by atoms with Gasteiger partial charge in [-0.05, 0) is 116 Å². The molecule has 0 aliphatic heterocycles. The summed E-state index contributed by atoms with van der Waals surface area (Å²) in [5.41, 5.74) is 15.9. The Morgan fingerprint density at radius 1 is 0.389 bits per heavy atom. The maximum Gasteiger partial charge on any atom is 0.227 e. The van der Waals surface area contributed by atoms with E-state index in [2.05, 4.69) is 192 Å². The van der Waals surface area contributed by atoms with Crippen LogP contribution >= 0.6 is 0 Å². The molecule has 266 valence electrons. The zero-order chi connectivity index (χ0) is 37.5. The average molecular weight is 703 g/mol. The standard InChI is InChI=1S/C51H46N2O/c1-50(2,3)38-25-31-41(32-26-38)53(42-33-27-39(28-34-42)51(4,5)6)40-29-23-36(24-30-40)44-14-8-10-16-46(44)45-15-9-7-13-43(45)35-19-21-37(22-20-35)49-52-47-17-11-12-18-48(47)54-49/h7-34H,1-6H3. The minimum atomic E-state index is 0.0851. The minimum Gasteiger partial charge on any atom is -0.436 e. The van der Waals surface area contributed by atoms with Gasteiger partial charge in [0.1, 0.15) is 5.52 Å². The number of anilines is 3. The Hall–Kier alpha value is -6.19. The Balaban J connectivity index is 1.14. The fraction of sp³-hybridized carbons (Fsp3) is 0.157. The molecule has 0 fully saturated rings. The van der Waals surface area contributed by atoms with Crippen molar-refractivity contribution < 1.29 is 4.42 Å². The number of hydrogen-bond donors (Lipinski definition) is 0. The highest BCUT2D eigenvalue weighted by Crippen LogP contribution is 2.41. The van der Waals surface area contributed by atoms with Crippen molar-refractivity contribution in [3.8, 4) is 44.8 Å². The van der Waals surface area contributed by atoms with Crippen molar-refractivity contribution >= 4 is 28.2 Å². The van der Waals surface area contributed by atoms with E-state index in [4.69, 9.17) is 9.40 Å². The largest absolute Gasteiger partial charge is 0.436 e. The van der Waals surface area contributed by atoms with Crippen molar-refractivity contribution in [3.63, 3.8) is 0 Å². The van der Waals surface area contributed by atoms with E-state index in [1.165, 1.54) is 38.9 Å². The van der Waals surface area contributed by atoms with E-state index in [0.29, 0.717) is 5.89 Å². The summed E-state index contributed by atoms with van der Waals surface area (Å²) in [4.78, 5) is 7.06. The smallest absolute Gasteiger partial charge is 0.227 e. The maximum atomic E-state index is 6.05. The van der Waals surface area contributed by atoms with Crippen LogP contribution in [0.15, 0.2) is 174 Å². The van der Waals surface area contributed by atoms with Crippen LogP contribution in [0.25, 0.3) is 55.9 Å². The highest BCUT2D eigenvalue weighted by molar-refractivity contribution is 5.92. The molecule has 0 spiro atoms. The van der Waals surface area contributed by atoms with Crippen LogP contribution in [-0.4, -0.2) is 4.98 Å². The molecule has 7 aromatic carbocycles. The quantitative estimate of drug-likeness (QED) is 0.166. The van der Waals surface area contributed by atoms with Gasteiger partial charge in [0.05, 0.1) is 0 Å². The fourth-order valence-electron chi connectivity index (χ4n) is 7.19. The van der Waals surface area contributed by atoms with Crippen molar-refractivity contribution in [3.05, 3.63) is 181 Å². The van der Waals surface area contributed by atoms with Crippen molar-refractivity contribution in [2.75, 3.05) is 4.90 Å². The zero-order valence-corrected chi connectivity index (χ0v) is 32.0. The van der Waals surface area contributed by atoms with Gasteiger partial charge in [-0.2, -0.15) is 0 Å². The SMILES string of the molecule is CC(C)(C)c1ccc(N(c2ccc(-c3ccccc3-c3ccccc3-c3ccc(-c4nc5ccccc5o4)cc3)cc2)c2ccc(C(C)(C)C)cc2)cc1. The molecule has 1 heterocycles. The lowest BCUT2D eigenvalue weighted by Crippen LogP contribution is -2.14. The monoisotopic (exact) mass is 702 g/mol. The minimum absolute atomic E-state index is 0.0851. The Labute approximate surface area is 319 Å². The van der Waals surface area contributed by atoms with E-state index in [0.717, 1.165) is 39.3 Å². The molecule has 0 amide bonds. The summed E-state index contributed by atoms with van der Waals surface area (Å²) < 4.78 is 6.05. The molecule has 0 N–H and O–H groups in total. The maximum absolute atomic E-state index is 6.05. The third-order valence-electron chi connectivity index (χ3n) is 10.3. The van der Waals surface area contributed by atoms with Crippen molar-refractivity contribution in [1.82, 2.24) is 4.98 Å². The number of para-hydroxylation sites is 2. The Bertz CT molecular complexity index is 2440. The van der Waals surface area contributed by atoms with Gasteiger partial charge in [-0.1, -0.05) is 151 Å². The van der Waals surface area contributed by atoms with E-state index in [1.807, 2.05) is 24.3 Å². The summed E-state index contributed by atoms with van der Waals surface area (Å²) in [5.74, 6) is 0.632. The van der Waals surface area contributed by atoms with Crippen molar-refractivity contribution in [1.29, 1.82) is 0 Å². The summed E-state index contributed by atoms with van der Waals surface area (Å²) in [6, 6.07) is 60.8. The van der Waals surface area contributed by atoms with Crippen LogP contribution in [0.3, 0.4) is 0 Å². The van der Waals surface area contributed by atoms with Gasteiger partial charge in [-0.15, -0.1) is 0 Å². The number of rotatable bonds is 7. The Kier molecular flexibility index (Phi) is 9.03. The topological polar surface area (TPSA) is 29.3 Å². The molecule has 8 rings (SSSR count). The van der Waals surface area contributed by atoms with E-state index in [9.17, 15) is 0 Å². The number of aromatic nitrogens is 1. The van der Waals surface area contributed by atoms with Crippen molar-refractivity contribution in [2.24, 2.45) is 0 Å². The lowest BCUT2D eigenvalue weighted by Gasteiger charge is -2.28. The molecule has 0 bridgehead atoms. The predicted molar refractivity (Wildman–Crippen MR) is 228 cm³/mol. The normalized spacial score (nSPS) is 11.9. The second-order valence-corrected chi connectivity index (χ2v) is 16.1. The second kappa shape index (κ2) is 14.0. The first-order valence-electron chi connectivity index (χ1n) is 18.8. The summed E-state index contributed by atoms with van der Waals surface area (Å²) in [6.45, 7) is 13.6. The molecule has 0 atom stereocenters. The summed E-state index contributed by atoms with van der Waals surface area (Å²) in [5, 5.41) is 0. The van der Waals surface area contributed by atoms with Crippen LogP contribution in [0, 0.1) is 0 Å². The van der Waals surface area contributed by atoms with Crippen LogP contribution in [0.5, 0.6) is 0 Å². The average Bonchev–Trinajstić information content (AvgIpc) is 3.63. The van der Waals surface area contributed by atoms with Gasteiger partial charge >= 0.3 is 0 Å². The number of benzene rings is 7. The van der Waals surface area contributed by atoms with Crippen LogP contribution in [0.4, 0.5) is 17.1 Å². The van der Waals surface area contributed by atoms with Crippen LogP contribution in [-0.2, 0) is 10.8 Å². The molecule has 0 saturated heterocycles. The van der Waals surface area contributed by atoms with Gasteiger partial charge in [0.15, 0.2) is 5.58 Å². The molecule has 0 aliphatic carbocycles. The molecule has 8 aromatic rings. The molecule has 3 nitrogen and oxygen atoms in total. The summed E-state index contributed by atoms with van der Waals surface area (Å²) in [6.07, 6.45) is 0. The number of nitrogens with zero attached hydrogens (tertiary/aromatic N) is 2. The molecular weight excluding hydrogens is 657 g/mol.